The van der Waals surface area contributed by atoms with E-state index in [0.717, 1.165) is 13.8 Å². The molecule has 3 fully saturated rings. The zero-order valence-corrected chi connectivity index (χ0v) is 23.8. The highest BCUT2D eigenvalue weighted by atomic mass is 16.6. The van der Waals surface area contributed by atoms with Crippen LogP contribution in [0.15, 0.2) is 23.8 Å². The number of fused-ring (bicyclic) bond motifs is 3. The molecule has 226 valence electrons. The largest absolute Gasteiger partial charge is 0.459 e. The highest BCUT2D eigenvalue weighted by Crippen LogP contribution is 2.62. The van der Waals surface area contributed by atoms with Crippen molar-refractivity contribution >= 4 is 29.8 Å². The van der Waals surface area contributed by atoms with Crippen LogP contribution in [0.25, 0.3) is 0 Å². The molecule has 0 aromatic carbocycles. The Balaban J connectivity index is 2.09. The summed E-state index contributed by atoms with van der Waals surface area (Å²) in [5.74, 6) is -6.07. The first-order valence-electron chi connectivity index (χ1n) is 13.4. The van der Waals surface area contributed by atoms with Crippen molar-refractivity contribution < 1.29 is 62.6 Å². The molecule has 4 aliphatic rings. The molecular formula is C28H36O13. The summed E-state index contributed by atoms with van der Waals surface area (Å²) in [7, 11) is 0. The first-order valence-corrected chi connectivity index (χ1v) is 13.4. The second-order valence-corrected chi connectivity index (χ2v) is 11.4. The molecule has 0 radical (unpaired) electrons. The van der Waals surface area contributed by atoms with Crippen LogP contribution in [0, 0.1) is 17.3 Å². The molecule has 2 aliphatic carbocycles. The first-order chi connectivity index (χ1) is 19.1. The predicted octanol–water partition coefficient (Wildman–Crippen LogP) is 0.290. The van der Waals surface area contributed by atoms with Crippen LogP contribution in [-0.4, -0.2) is 95.0 Å². The van der Waals surface area contributed by atoms with E-state index >= 15 is 0 Å². The van der Waals surface area contributed by atoms with Gasteiger partial charge in [0.05, 0.1) is 24.5 Å². The van der Waals surface area contributed by atoms with Gasteiger partial charge in [0.25, 0.3) is 0 Å². The van der Waals surface area contributed by atoms with Crippen molar-refractivity contribution in [2.75, 3.05) is 13.2 Å². The molecule has 1 saturated carbocycles. The van der Waals surface area contributed by atoms with Crippen LogP contribution in [0.2, 0.25) is 0 Å². The number of carbonyl (C=O) groups excluding carboxylic acids is 5. The fourth-order valence-corrected chi connectivity index (χ4v) is 6.81. The molecule has 41 heavy (non-hydrogen) atoms. The number of epoxide rings is 1. The number of rotatable bonds is 5. The van der Waals surface area contributed by atoms with E-state index in [1.54, 1.807) is 6.92 Å². The van der Waals surface area contributed by atoms with E-state index in [4.69, 9.17) is 28.4 Å². The summed E-state index contributed by atoms with van der Waals surface area (Å²) in [5.41, 5.74) is -4.88. The third kappa shape index (κ3) is 5.26. The molecule has 2 heterocycles. The van der Waals surface area contributed by atoms with Gasteiger partial charge < -0.3 is 38.6 Å². The maximum atomic E-state index is 12.9. The zero-order chi connectivity index (χ0) is 30.5. The van der Waals surface area contributed by atoms with Crippen LogP contribution in [0.3, 0.4) is 0 Å². The Morgan fingerprint density at radius 3 is 2.05 bits per heavy atom. The number of hydrogen-bond donors (Lipinski definition) is 2. The first kappa shape index (κ1) is 30.7. The van der Waals surface area contributed by atoms with Crippen molar-refractivity contribution in [3.63, 3.8) is 0 Å². The second kappa shape index (κ2) is 10.8. The van der Waals surface area contributed by atoms with Gasteiger partial charge in [0.1, 0.15) is 30.0 Å². The molecule has 13 nitrogen and oxygen atoms in total. The molecule has 1 spiro atoms. The monoisotopic (exact) mass is 580 g/mol. The molecule has 0 unspecified atom stereocenters. The predicted molar refractivity (Wildman–Crippen MR) is 135 cm³/mol. The number of aliphatic hydroxyl groups is 2. The quantitative estimate of drug-likeness (QED) is 0.257. The molecule has 0 aromatic rings. The Labute approximate surface area is 236 Å². The van der Waals surface area contributed by atoms with Crippen LogP contribution in [0.1, 0.15) is 48.0 Å². The molecule has 10 atom stereocenters. The summed E-state index contributed by atoms with van der Waals surface area (Å²) in [6, 6.07) is 0. The highest BCUT2D eigenvalue weighted by Gasteiger charge is 2.76. The summed E-state index contributed by atoms with van der Waals surface area (Å²) in [6.07, 6.45) is -2.40. The van der Waals surface area contributed by atoms with E-state index < -0.39 is 95.4 Å². The number of esters is 5. The van der Waals surface area contributed by atoms with Gasteiger partial charge in [-0.3, -0.25) is 24.0 Å². The Morgan fingerprint density at radius 2 is 1.54 bits per heavy atom. The van der Waals surface area contributed by atoms with Gasteiger partial charge in [-0.15, -0.1) is 0 Å². The highest BCUT2D eigenvalue weighted by molar-refractivity contribution is 5.78. The maximum absolute atomic E-state index is 12.9. The normalized spacial score (nSPS) is 43.3. The van der Waals surface area contributed by atoms with Crippen molar-refractivity contribution in [3.8, 4) is 0 Å². The van der Waals surface area contributed by atoms with Crippen LogP contribution >= 0.6 is 0 Å². The van der Waals surface area contributed by atoms with Crippen LogP contribution in [0.5, 0.6) is 0 Å². The lowest BCUT2D eigenvalue weighted by molar-refractivity contribution is -0.255. The van der Waals surface area contributed by atoms with Crippen molar-refractivity contribution in [3.05, 3.63) is 23.8 Å². The Kier molecular flexibility index (Phi) is 8.11. The number of carbonyl (C=O) groups is 5. The SMILES string of the molecule is CC(=O)O[C@H]1C[C@]2(CO2)[C@@H]2[C@H](OC(C)=O)[C@@]3(O)[C@H](/C=C(CO)\C=C\[C@H](OC(C)=O)[C@@]2(C)[C@H]1OC(C)=O)OC(=O)[C@@H]3C. The molecule has 0 amide bonds. The lowest BCUT2D eigenvalue weighted by Crippen LogP contribution is -2.71. The lowest BCUT2D eigenvalue weighted by atomic mass is 9.52. The molecule has 2 aliphatic heterocycles. The van der Waals surface area contributed by atoms with Crippen molar-refractivity contribution in [2.24, 2.45) is 17.3 Å². The number of ether oxygens (including phenoxy) is 6. The minimum absolute atomic E-state index is 0.0271. The van der Waals surface area contributed by atoms with E-state index in [1.165, 1.54) is 39.0 Å². The van der Waals surface area contributed by atoms with E-state index in [2.05, 4.69) is 0 Å². The van der Waals surface area contributed by atoms with Crippen molar-refractivity contribution in [2.45, 2.75) is 89.7 Å². The number of hydrogen-bond acceptors (Lipinski definition) is 13. The Morgan fingerprint density at radius 1 is 0.976 bits per heavy atom. The topological polar surface area (TPSA) is 184 Å². The number of aliphatic hydroxyl groups excluding tert-OH is 1. The van der Waals surface area contributed by atoms with E-state index in [9.17, 15) is 34.2 Å². The third-order valence-electron chi connectivity index (χ3n) is 8.60. The average Bonchev–Trinajstić information content (AvgIpc) is 3.58. The molecule has 4 rings (SSSR count). The van der Waals surface area contributed by atoms with Gasteiger partial charge >= 0.3 is 29.8 Å². The molecule has 2 N–H and O–H groups in total. The minimum atomic E-state index is -2.21. The van der Waals surface area contributed by atoms with Gasteiger partial charge in [0.2, 0.25) is 0 Å². The second-order valence-electron chi connectivity index (χ2n) is 11.4. The Bertz CT molecular complexity index is 1190. The molecule has 0 aromatic heterocycles. The summed E-state index contributed by atoms with van der Waals surface area (Å²) < 4.78 is 34.6. The van der Waals surface area contributed by atoms with E-state index in [-0.39, 0.29) is 18.6 Å². The van der Waals surface area contributed by atoms with Crippen LogP contribution in [0.4, 0.5) is 0 Å². The van der Waals surface area contributed by atoms with Gasteiger partial charge in [-0.05, 0) is 24.6 Å². The molecule has 0 bridgehead atoms. The summed E-state index contributed by atoms with van der Waals surface area (Å²) in [5, 5.41) is 22.5. The van der Waals surface area contributed by atoms with Gasteiger partial charge in [-0.1, -0.05) is 13.0 Å². The smallest absolute Gasteiger partial charge is 0.312 e. The van der Waals surface area contributed by atoms with Crippen molar-refractivity contribution in [1.82, 2.24) is 0 Å². The summed E-state index contributed by atoms with van der Waals surface area (Å²) in [6.45, 7) is 7.15. The average molecular weight is 581 g/mol. The van der Waals surface area contributed by atoms with Gasteiger partial charge in [-0.25, -0.2) is 0 Å². The van der Waals surface area contributed by atoms with Gasteiger partial charge in [0, 0.05) is 40.0 Å². The Hall–Kier alpha value is -3.29. The lowest BCUT2D eigenvalue weighted by Gasteiger charge is -2.57. The summed E-state index contributed by atoms with van der Waals surface area (Å²) >= 11 is 0. The fraction of sp³-hybridized carbons (Fsp3) is 0.679. The zero-order valence-electron chi connectivity index (χ0n) is 23.8. The molecule has 2 saturated heterocycles. The van der Waals surface area contributed by atoms with Gasteiger partial charge in [0.15, 0.2) is 11.7 Å². The van der Waals surface area contributed by atoms with Crippen LogP contribution < -0.4 is 0 Å². The standard InChI is InChI=1S/C28H36O13/c1-13-25(34)41-21-9-18(11-29)7-8-20(38-15(3)31)26(6)22(24(28(13,21)35)40-17(5)33)27(12-36-27)10-19(37-14(2)30)23(26)39-16(4)32/h7-9,13,19-24,29,35H,10-12H2,1-6H3/b8-7+,18-9+/t13-,19-,20-,21-,22+,23-,24-,26+,27-,28-/m0/s1. The molecular weight excluding hydrogens is 544 g/mol. The minimum Gasteiger partial charge on any atom is -0.459 e. The van der Waals surface area contributed by atoms with Gasteiger partial charge in [-0.2, -0.15) is 0 Å². The van der Waals surface area contributed by atoms with E-state index in [0.29, 0.717) is 0 Å². The van der Waals surface area contributed by atoms with Crippen molar-refractivity contribution in [1.29, 1.82) is 0 Å². The summed E-state index contributed by atoms with van der Waals surface area (Å²) in [4.78, 5) is 62.7. The maximum Gasteiger partial charge on any atom is 0.312 e. The third-order valence-corrected chi connectivity index (χ3v) is 8.60. The molecule has 13 heteroatoms. The fourth-order valence-electron chi connectivity index (χ4n) is 6.81. The van der Waals surface area contributed by atoms with E-state index in [1.807, 2.05) is 0 Å². The van der Waals surface area contributed by atoms with Crippen LogP contribution in [-0.2, 0) is 52.4 Å².